The molecule has 0 N–H and O–H groups in total. The van der Waals surface area contributed by atoms with Crippen LogP contribution >= 0.6 is 22.9 Å². The number of hydrogen-bond acceptors (Lipinski definition) is 2. The van der Waals surface area contributed by atoms with Gasteiger partial charge in [-0.2, -0.15) is 0 Å². The van der Waals surface area contributed by atoms with Gasteiger partial charge in [-0.25, -0.2) is 0 Å². The third-order valence-electron chi connectivity index (χ3n) is 7.11. The van der Waals surface area contributed by atoms with Crippen LogP contribution in [0.3, 0.4) is 0 Å². The van der Waals surface area contributed by atoms with Crippen LogP contribution in [0.2, 0.25) is 5.02 Å². The van der Waals surface area contributed by atoms with E-state index in [2.05, 4.69) is 91.0 Å². The van der Waals surface area contributed by atoms with Crippen LogP contribution in [0, 0.1) is 0 Å². The molecular weight excluding hydrogens is 468 g/mol. The highest BCUT2D eigenvalue weighted by molar-refractivity contribution is 7.26. The van der Waals surface area contributed by atoms with Gasteiger partial charge in [0.2, 0.25) is 0 Å². The van der Waals surface area contributed by atoms with Crippen molar-refractivity contribution >= 4 is 86.6 Å². The maximum absolute atomic E-state index is 6.54. The van der Waals surface area contributed by atoms with E-state index in [0.29, 0.717) is 0 Å². The summed E-state index contributed by atoms with van der Waals surface area (Å²) in [7, 11) is 0. The molecule has 0 atom stereocenters. The summed E-state index contributed by atoms with van der Waals surface area (Å²) in [4.78, 5) is 0. The molecule has 1 nitrogen and oxygen atoms in total. The van der Waals surface area contributed by atoms with Gasteiger partial charge in [-0.3, -0.25) is 0 Å². The Morgan fingerprint density at radius 3 is 2.14 bits per heavy atom. The predicted molar refractivity (Wildman–Crippen MR) is 152 cm³/mol. The minimum Gasteiger partial charge on any atom is -0.456 e. The predicted octanol–water partition coefficient (Wildman–Crippen LogP) is 10.6. The van der Waals surface area contributed by atoms with Crippen molar-refractivity contribution in [2.75, 3.05) is 0 Å². The second kappa shape index (κ2) is 7.08. The third-order valence-corrected chi connectivity index (χ3v) is 8.56. The molecule has 2 aromatic heterocycles. The molecular formula is C32H17ClOS. The molecule has 0 saturated heterocycles. The van der Waals surface area contributed by atoms with E-state index in [1.165, 1.54) is 42.1 Å². The largest absolute Gasteiger partial charge is 0.456 e. The van der Waals surface area contributed by atoms with Crippen LogP contribution in [0.15, 0.2) is 108 Å². The number of benzene rings is 6. The maximum Gasteiger partial charge on any atom is 0.136 e. The first-order chi connectivity index (χ1) is 17.2. The lowest BCUT2D eigenvalue weighted by atomic mass is 9.94. The first-order valence-electron chi connectivity index (χ1n) is 11.6. The van der Waals surface area contributed by atoms with Crippen LogP contribution in [0.1, 0.15) is 0 Å². The average Bonchev–Trinajstić information content (AvgIpc) is 3.42. The number of halogens is 1. The number of thiophene rings is 1. The van der Waals surface area contributed by atoms with Gasteiger partial charge in [0.25, 0.3) is 0 Å². The van der Waals surface area contributed by atoms with Gasteiger partial charge < -0.3 is 4.42 Å². The van der Waals surface area contributed by atoms with E-state index >= 15 is 0 Å². The topological polar surface area (TPSA) is 13.1 Å². The fourth-order valence-electron chi connectivity index (χ4n) is 5.51. The fourth-order valence-corrected chi connectivity index (χ4v) is 6.90. The molecule has 0 amide bonds. The van der Waals surface area contributed by atoms with Gasteiger partial charge in [-0.1, -0.05) is 78.3 Å². The fraction of sp³-hybridized carbons (Fsp3) is 0. The second-order valence-electron chi connectivity index (χ2n) is 9.06. The lowest BCUT2D eigenvalue weighted by Gasteiger charge is -2.09. The first-order valence-corrected chi connectivity index (χ1v) is 12.8. The zero-order chi connectivity index (χ0) is 23.1. The van der Waals surface area contributed by atoms with E-state index in [1.807, 2.05) is 23.5 Å². The van der Waals surface area contributed by atoms with E-state index in [0.717, 1.165) is 37.7 Å². The van der Waals surface area contributed by atoms with E-state index in [1.54, 1.807) is 0 Å². The van der Waals surface area contributed by atoms with Crippen molar-refractivity contribution in [3.05, 3.63) is 108 Å². The SMILES string of the molecule is Clc1cccc2c(-c3cccc4oc5cc6sc7cc8ccccc8cc7c6cc5c34)cccc12. The molecule has 0 unspecified atom stereocenters. The molecule has 0 aliphatic carbocycles. The summed E-state index contributed by atoms with van der Waals surface area (Å²) in [5, 5.41) is 10.4. The minimum absolute atomic E-state index is 0.771. The number of furan rings is 1. The Kier molecular flexibility index (Phi) is 3.94. The molecule has 0 aliphatic rings. The smallest absolute Gasteiger partial charge is 0.136 e. The van der Waals surface area contributed by atoms with Crippen molar-refractivity contribution in [1.29, 1.82) is 0 Å². The number of fused-ring (bicyclic) bond motifs is 8. The number of rotatable bonds is 1. The molecule has 35 heavy (non-hydrogen) atoms. The van der Waals surface area contributed by atoms with Crippen LogP contribution in [-0.2, 0) is 0 Å². The summed E-state index contributed by atoms with van der Waals surface area (Å²) in [6, 6.07) is 36.5. The molecule has 3 heteroatoms. The summed E-state index contributed by atoms with van der Waals surface area (Å²) in [5.41, 5.74) is 4.16. The van der Waals surface area contributed by atoms with Crippen molar-refractivity contribution in [3.8, 4) is 11.1 Å². The average molecular weight is 485 g/mol. The molecule has 0 fully saturated rings. The van der Waals surface area contributed by atoms with Gasteiger partial charge in [0.1, 0.15) is 11.2 Å². The van der Waals surface area contributed by atoms with Crippen LogP contribution in [0.4, 0.5) is 0 Å². The van der Waals surface area contributed by atoms with Crippen molar-refractivity contribution in [2.45, 2.75) is 0 Å². The van der Waals surface area contributed by atoms with E-state index in [9.17, 15) is 0 Å². The molecule has 164 valence electrons. The third kappa shape index (κ3) is 2.75. The molecule has 0 aliphatic heterocycles. The van der Waals surface area contributed by atoms with Gasteiger partial charge >= 0.3 is 0 Å². The van der Waals surface area contributed by atoms with Gasteiger partial charge in [-0.05, 0) is 63.7 Å². The van der Waals surface area contributed by atoms with Crippen LogP contribution in [-0.4, -0.2) is 0 Å². The normalized spacial score (nSPS) is 12.1. The van der Waals surface area contributed by atoms with Gasteiger partial charge in [0, 0.05) is 41.4 Å². The maximum atomic E-state index is 6.54. The van der Waals surface area contributed by atoms with Crippen molar-refractivity contribution < 1.29 is 4.42 Å². The van der Waals surface area contributed by atoms with E-state index in [-0.39, 0.29) is 0 Å². The van der Waals surface area contributed by atoms with E-state index < -0.39 is 0 Å². The zero-order valence-corrected chi connectivity index (χ0v) is 20.1. The summed E-state index contributed by atoms with van der Waals surface area (Å²) in [6.45, 7) is 0. The monoisotopic (exact) mass is 484 g/mol. The lowest BCUT2D eigenvalue weighted by Crippen LogP contribution is -1.83. The highest BCUT2D eigenvalue weighted by atomic mass is 35.5. The summed E-state index contributed by atoms with van der Waals surface area (Å²) in [6.07, 6.45) is 0. The second-order valence-corrected chi connectivity index (χ2v) is 10.6. The zero-order valence-electron chi connectivity index (χ0n) is 18.5. The Morgan fingerprint density at radius 1 is 0.514 bits per heavy atom. The molecule has 0 spiro atoms. The van der Waals surface area contributed by atoms with Gasteiger partial charge in [0.05, 0.1) is 0 Å². The van der Waals surface area contributed by atoms with Crippen LogP contribution < -0.4 is 0 Å². The first kappa shape index (κ1) is 19.5. The minimum atomic E-state index is 0.771. The molecule has 8 aromatic rings. The Labute approximate surface area is 209 Å². The summed E-state index contributed by atoms with van der Waals surface area (Å²) < 4.78 is 8.97. The highest BCUT2D eigenvalue weighted by Crippen LogP contribution is 2.44. The Bertz CT molecular complexity index is 2130. The summed E-state index contributed by atoms with van der Waals surface area (Å²) >= 11 is 8.37. The standard InChI is InChI=1S/C32H17ClOS/c33-27-12-4-9-20-21(8-3-10-22(20)27)23-11-5-13-28-32(23)26-16-25-24-14-18-6-1-2-7-19(18)15-30(24)35-31(25)17-29(26)34-28/h1-17H. The van der Waals surface area contributed by atoms with Crippen LogP contribution in [0.25, 0.3) is 74.8 Å². The molecule has 0 bridgehead atoms. The Balaban J connectivity index is 1.49. The van der Waals surface area contributed by atoms with Crippen molar-refractivity contribution in [2.24, 2.45) is 0 Å². The van der Waals surface area contributed by atoms with E-state index in [4.69, 9.17) is 16.0 Å². The van der Waals surface area contributed by atoms with Gasteiger partial charge in [-0.15, -0.1) is 11.3 Å². The molecule has 6 aromatic carbocycles. The number of hydrogen-bond donors (Lipinski definition) is 0. The quantitative estimate of drug-likeness (QED) is 0.226. The molecule has 0 radical (unpaired) electrons. The molecule has 8 rings (SSSR count). The van der Waals surface area contributed by atoms with Gasteiger partial charge in [0.15, 0.2) is 0 Å². The van der Waals surface area contributed by atoms with Crippen molar-refractivity contribution in [1.82, 2.24) is 0 Å². The summed E-state index contributed by atoms with van der Waals surface area (Å²) in [5.74, 6) is 0. The lowest BCUT2D eigenvalue weighted by molar-refractivity contribution is 0.669. The Hall–Kier alpha value is -3.85. The van der Waals surface area contributed by atoms with Crippen molar-refractivity contribution in [3.63, 3.8) is 0 Å². The molecule has 0 saturated carbocycles. The Morgan fingerprint density at radius 2 is 1.23 bits per heavy atom. The highest BCUT2D eigenvalue weighted by Gasteiger charge is 2.17. The molecule has 2 heterocycles. The van der Waals surface area contributed by atoms with Crippen LogP contribution in [0.5, 0.6) is 0 Å².